The number of methoxy groups -OCH3 is 1. The molecule has 0 saturated heterocycles. The summed E-state index contributed by atoms with van der Waals surface area (Å²) in [6.45, 7) is -0.660. The number of furan rings is 1. The van der Waals surface area contributed by atoms with E-state index in [9.17, 15) is 18.0 Å². The Labute approximate surface area is 189 Å². The summed E-state index contributed by atoms with van der Waals surface area (Å²) >= 11 is 0. The minimum Gasteiger partial charge on any atom is -0.497 e. The summed E-state index contributed by atoms with van der Waals surface area (Å²) in [5.74, 6) is -0.170. The zero-order chi connectivity index (χ0) is 23.2. The molecular formula is C23H19N3O6S. The highest BCUT2D eigenvalue weighted by Gasteiger charge is 2.44. The summed E-state index contributed by atoms with van der Waals surface area (Å²) in [6, 6.07) is 16.0. The summed E-state index contributed by atoms with van der Waals surface area (Å²) in [7, 11) is -2.54. The van der Waals surface area contributed by atoms with E-state index in [-0.39, 0.29) is 10.5 Å². The first-order chi connectivity index (χ1) is 15.9. The summed E-state index contributed by atoms with van der Waals surface area (Å²) in [4.78, 5) is 25.9. The van der Waals surface area contributed by atoms with Crippen LogP contribution in [0.3, 0.4) is 0 Å². The van der Waals surface area contributed by atoms with Gasteiger partial charge in [0.15, 0.2) is 0 Å². The molecule has 0 aliphatic carbocycles. The zero-order valence-electron chi connectivity index (χ0n) is 17.5. The van der Waals surface area contributed by atoms with E-state index in [0.29, 0.717) is 27.9 Å². The van der Waals surface area contributed by atoms with Crippen LogP contribution in [0, 0.1) is 0 Å². The molecule has 2 aromatic carbocycles. The van der Waals surface area contributed by atoms with Crippen LogP contribution in [-0.2, 0) is 14.8 Å². The van der Waals surface area contributed by atoms with Crippen molar-refractivity contribution in [3.05, 3.63) is 83.8 Å². The summed E-state index contributed by atoms with van der Waals surface area (Å²) in [6.07, 6.45) is 1.86. The molecule has 168 valence electrons. The number of hydrogen-bond acceptors (Lipinski definition) is 7. The SMILES string of the molecule is COc1ccc(C2=NN(C(=O)CN3C(=O)c4ccccc4S3(=O)=O)[C@H](c3ccco3)C2)cc1. The second kappa shape index (κ2) is 7.89. The van der Waals surface area contributed by atoms with Crippen LogP contribution >= 0.6 is 0 Å². The Hall–Kier alpha value is -3.92. The largest absolute Gasteiger partial charge is 0.497 e. The van der Waals surface area contributed by atoms with E-state index in [0.717, 1.165) is 5.56 Å². The molecule has 33 heavy (non-hydrogen) atoms. The number of nitrogens with zero attached hydrogens (tertiary/aromatic N) is 3. The molecule has 1 atom stereocenters. The van der Waals surface area contributed by atoms with Gasteiger partial charge in [-0.15, -0.1) is 0 Å². The Kier molecular flexibility index (Phi) is 5.01. The van der Waals surface area contributed by atoms with E-state index < -0.39 is 34.4 Å². The predicted octanol–water partition coefficient (Wildman–Crippen LogP) is 2.81. The molecule has 0 radical (unpaired) electrons. The number of benzene rings is 2. The summed E-state index contributed by atoms with van der Waals surface area (Å²) in [5.41, 5.74) is 1.47. The van der Waals surface area contributed by atoms with Gasteiger partial charge < -0.3 is 9.15 Å². The van der Waals surface area contributed by atoms with Crippen molar-refractivity contribution in [1.29, 1.82) is 0 Å². The second-order valence-corrected chi connectivity index (χ2v) is 9.39. The fourth-order valence-corrected chi connectivity index (χ4v) is 5.50. The number of carbonyl (C=O) groups is 2. The van der Waals surface area contributed by atoms with Gasteiger partial charge in [0.25, 0.3) is 21.8 Å². The summed E-state index contributed by atoms with van der Waals surface area (Å²) in [5, 5.41) is 5.68. The molecule has 0 unspecified atom stereocenters. The number of sulfonamides is 1. The number of hydrazone groups is 1. The third kappa shape index (κ3) is 3.48. The predicted molar refractivity (Wildman–Crippen MR) is 117 cm³/mol. The normalized spacial score (nSPS) is 18.9. The fourth-order valence-electron chi connectivity index (χ4n) is 3.98. The Balaban J connectivity index is 1.45. The Morgan fingerprint density at radius 3 is 2.55 bits per heavy atom. The molecule has 10 heteroatoms. The van der Waals surface area contributed by atoms with Crippen molar-refractivity contribution in [2.24, 2.45) is 5.10 Å². The van der Waals surface area contributed by atoms with Crippen molar-refractivity contribution in [2.75, 3.05) is 13.7 Å². The Morgan fingerprint density at radius 1 is 1.12 bits per heavy atom. The lowest BCUT2D eigenvalue weighted by Gasteiger charge is -2.22. The average molecular weight is 465 g/mol. The van der Waals surface area contributed by atoms with Crippen LogP contribution in [0.2, 0.25) is 0 Å². The van der Waals surface area contributed by atoms with Crippen LogP contribution in [0.1, 0.15) is 34.1 Å². The standard InChI is InChI=1S/C23H19N3O6S/c1-31-16-10-8-15(9-11-16)18-13-19(20-6-4-12-32-20)26(24-18)22(27)14-25-23(28)17-5-2-3-7-21(17)33(25,29)30/h2-12,19H,13-14H2,1H3/t19-/m0/s1. The van der Waals surface area contributed by atoms with Crippen molar-refractivity contribution in [3.63, 3.8) is 0 Å². The van der Waals surface area contributed by atoms with Gasteiger partial charge in [-0.2, -0.15) is 5.10 Å². The first-order valence-electron chi connectivity index (χ1n) is 10.1. The molecule has 5 rings (SSSR count). The van der Waals surface area contributed by atoms with E-state index >= 15 is 0 Å². The maximum atomic E-state index is 13.3. The maximum Gasteiger partial charge on any atom is 0.269 e. The lowest BCUT2D eigenvalue weighted by molar-refractivity contribution is -0.133. The fraction of sp³-hybridized carbons (Fsp3) is 0.174. The number of hydrogen-bond donors (Lipinski definition) is 0. The van der Waals surface area contributed by atoms with Crippen molar-refractivity contribution >= 4 is 27.5 Å². The zero-order valence-corrected chi connectivity index (χ0v) is 18.4. The first kappa shape index (κ1) is 21.0. The molecule has 2 aliphatic heterocycles. The first-order valence-corrected chi connectivity index (χ1v) is 11.6. The van der Waals surface area contributed by atoms with Gasteiger partial charge in [0, 0.05) is 6.42 Å². The number of amides is 2. The molecule has 0 saturated carbocycles. The third-order valence-corrected chi connectivity index (χ3v) is 7.44. The van der Waals surface area contributed by atoms with Gasteiger partial charge in [-0.3, -0.25) is 9.59 Å². The molecule has 9 nitrogen and oxygen atoms in total. The van der Waals surface area contributed by atoms with Crippen molar-refractivity contribution in [3.8, 4) is 5.75 Å². The van der Waals surface area contributed by atoms with Crippen LogP contribution in [-0.4, -0.2) is 48.9 Å². The van der Waals surface area contributed by atoms with E-state index in [1.54, 1.807) is 37.4 Å². The molecule has 0 spiro atoms. The molecule has 0 N–H and O–H groups in total. The minimum atomic E-state index is -4.11. The molecular weight excluding hydrogens is 446 g/mol. The highest BCUT2D eigenvalue weighted by atomic mass is 32.2. The van der Waals surface area contributed by atoms with E-state index in [1.165, 1.54) is 29.5 Å². The van der Waals surface area contributed by atoms with Gasteiger partial charge in [-0.25, -0.2) is 17.7 Å². The van der Waals surface area contributed by atoms with Gasteiger partial charge in [-0.05, 0) is 54.1 Å². The monoisotopic (exact) mass is 465 g/mol. The van der Waals surface area contributed by atoms with Gasteiger partial charge in [0.05, 0.1) is 24.6 Å². The quantitative estimate of drug-likeness (QED) is 0.573. The second-order valence-electron chi connectivity index (χ2n) is 7.56. The maximum absolute atomic E-state index is 13.3. The lowest BCUT2D eigenvalue weighted by Crippen LogP contribution is -2.41. The van der Waals surface area contributed by atoms with E-state index in [2.05, 4.69) is 5.10 Å². The number of ether oxygens (including phenoxy) is 1. The molecule has 3 heterocycles. The van der Waals surface area contributed by atoms with Gasteiger partial charge in [-0.1, -0.05) is 12.1 Å². The number of rotatable bonds is 5. The van der Waals surface area contributed by atoms with Crippen LogP contribution < -0.4 is 4.74 Å². The molecule has 0 fully saturated rings. The highest BCUT2D eigenvalue weighted by molar-refractivity contribution is 7.90. The third-order valence-electron chi connectivity index (χ3n) is 5.65. The smallest absolute Gasteiger partial charge is 0.269 e. The molecule has 1 aromatic heterocycles. The van der Waals surface area contributed by atoms with E-state index in [4.69, 9.17) is 9.15 Å². The highest BCUT2D eigenvalue weighted by Crippen LogP contribution is 2.35. The van der Waals surface area contributed by atoms with Crippen molar-refractivity contribution in [2.45, 2.75) is 17.4 Å². The molecule has 2 aliphatic rings. The van der Waals surface area contributed by atoms with Crippen LogP contribution in [0.25, 0.3) is 0 Å². The van der Waals surface area contributed by atoms with Crippen LogP contribution in [0.5, 0.6) is 5.75 Å². The van der Waals surface area contributed by atoms with Gasteiger partial charge in [0.1, 0.15) is 29.0 Å². The van der Waals surface area contributed by atoms with Crippen molar-refractivity contribution < 1.29 is 27.2 Å². The van der Waals surface area contributed by atoms with Crippen molar-refractivity contribution in [1.82, 2.24) is 9.31 Å². The summed E-state index contributed by atoms with van der Waals surface area (Å²) < 4.78 is 37.0. The Morgan fingerprint density at radius 2 is 1.88 bits per heavy atom. The van der Waals surface area contributed by atoms with Crippen LogP contribution in [0.15, 0.2) is 81.3 Å². The molecule has 2 amide bonds. The number of carbonyl (C=O) groups excluding carboxylic acids is 2. The topological polar surface area (TPSA) is 109 Å². The minimum absolute atomic E-state index is 0.0525. The van der Waals surface area contributed by atoms with Gasteiger partial charge >= 0.3 is 0 Å². The average Bonchev–Trinajstić information content (AvgIpc) is 3.55. The van der Waals surface area contributed by atoms with Crippen LogP contribution in [0.4, 0.5) is 0 Å². The Bertz CT molecular complexity index is 1360. The number of fused-ring (bicyclic) bond motifs is 1. The van der Waals surface area contributed by atoms with E-state index in [1.807, 2.05) is 12.1 Å². The molecule has 0 bridgehead atoms. The lowest BCUT2D eigenvalue weighted by atomic mass is 10.0. The van der Waals surface area contributed by atoms with Gasteiger partial charge in [0.2, 0.25) is 0 Å². The molecule has 3 aromatic rings.